The highest BCUT2D eigenvalue weighted by Gasteiger charge is 2.19. The first-order valence-electron chi connectivity index (χ1n) is 7.51. The van der Waals surface area contributed by atoms with E-state index in [2.05, 4.69) is 10.6 Å². The summed E-state index contributed by atoms with van der Waals surface area (Å²) in [5.41, 5.74) is 3.39. The van der Waals surface area contributed by atoms with Crippen LogP contribution in [-0.4, -0.2) is 17.9 Å². The van der Waals surface area contributed by atoms with E-state index in [1.165, 1.54) is 0 Å². The van der Waals surface area contributed by atoms with Crippen LogP contribution in [0.15, 0.2) is 48.5 Å². The van der Waals surface area contributed by atoms with E-state index < -0.39 is 6.10 Å². The highest BCUT2D eigenvalue weighted by Crippen LogP contribution is 2.26. The van der Waals surface area contributed by atoms with Gasteiger partial charge in [0.15, 0.2) is 0 Å². The van der Waals surface area contributed by atoms with E-state index in [1.807, 2.05) is 36.4 Å². The van der Waals surface area contributed by atoms with E-state index in [1.54, 1.807) is 19.1 Å². The molecular weight excluding hydrogens is 292 g/mol. The predicted octanol–water partition coefficient (Wildman–Crippen LogP) is 2.73. The summed E-state index contributed by atoms with van der Waals surface area (Å²) in [5.74, 6) is -0.235. The van der Waals surface area contributed by atoms with Crippen LogP contribution in [0.1, 0.15) is 18.1 Å². The second-order valence-corrected chi connectivity index (χ2v) is 5.52. The van der Waals surface area contributed by atoms with Gasteiger partial charge in [-0.05, 0) is 36.2 Å². The van der Waals surface area contributed by atoms with Crippen LogP contribution in [0.2, 0.25) is 0 Å². The number of fused-ring (bicyclic) bond motifs is 1. The molecule has 3 rings (SSSR count). The molecule has 2 aromatic rings. The Hall–Kier alpha value is -2.66. The van der Waals surface area contributed by atoms with Crippen LogP contribution in [-0.2, 0) is 27.4 Å². The molecule has 118 valence electrons. The van der Waals surface area contributed by atoms with Crippen LogP contribution in [0, 0.1) is 0 Å². The van der Waals surface area contributed by atoms with Gasteiger partial charge in [0, 0.05) is 11.4 Å². The van der Waals surface area contributed by atoms with E-state index in [4.69, 9.17) is 4.74 Å². The predicted molar refractivity (Wildman–Crippen MR) is 88.1 cm³/mol. The van der Waals surface area contributed by atoms with Crippen molar-refractivity contribution in [1.82, 2.24) is 0 Å². The summed E-state index contributed by atoms with van der Waals surface area (Å²) in [6.45, 7) is 2.11. The Morgan fingerprint density at radius 1 is 1.26 bits per heavy atom. The zero-order chi connectivity index (χ0) is 16.2. The van der Waals surface area contributed by atoms with Gasteiger partial charge in [0.05, 0.1) is 13.0 Å². The topological polar surface area (TPSA) is 67.4 Å². The molecule has 0 bridgehead atoms. The third kappa shape index (κ3) is 3.76. The number of ether oxygens (including phenoxy) is 1. The highest BCUT2D eigenvalue weighted by atomic mass is 16.5. The van der Waals surface area contributed by atoms with Gasteiger partial charge in [0.1, 0.15) is 6.10 Å². The van der Waals surface area contributed by atoms with Gasteiger partial charge < -0.3 is 15.4 Å². The minimum atomic E-state index is -0.566. The average Bonchev–Trinajstić information content (AvgIpc) is 2.92. The number of hydrogen-bond acceptors (Lipinski definition) is 3. The summed E-state index contributed by atoms with van der Waals surface area (Å²) in [4.78, 5) is 23.5. The van der Waals surface area contributed by atoms with Crippen molar-refractivity contribution in [3.63, 3.8) is 0 Å². The SMILES string of the molecule is CC(OCc1ccccc1)C(=O)Nc1ccc2c(c1)CC(=O)N2. The number of amides is 2. The second-order valence-electron chi connectivity index (χ2n) is 5.52. The minimum Gasteiger partial charge on any atom is -0.364 e. The second kappa shape index (κ2) is 6.62. The molecule has 0 radical (unpaired) electrons. The Bertz CT molecular complexity index is 728. The fourth-order valence-electron chi connectivity index (χ4n) is 2.42. The Kier molecular flexibility index (Phi) is 4.39. The zero-order valence-corrected chi connectivity index (χ0v) is 12.8. The lowest BCUT2D eigenvalue weighted by Gasteiger charge is -2.14. The molecule has 2 aromatic carbocycles. The smallest absolute Gasteiger partial charge is 0.253 e. The van der Waals surface area contributed by atoms with Crippen molar-refractivity contribution in [1.29, 1.82) is 0 Å². The summed E-state index contributed by atoms with van der Waals surface area (Å²) < 4.78 is 5.59. The Balaban J connectivity index is 1.56. The molecule has 23 heavy (non-hydrogen) atoms. The number of carbonyl (C=O) groups is 2. The van der Waals surface area contributed by atoms with E-state index >= 15 is 0 Å². The van der Waals surface area contributed by atoms with Gasteiger partial charge in [-0.2, -0.15) is 0 Å². The molecule has 0 aromatic heterocycles. The van der Waals surface area contributed by atoms with Crippen molar-refractivity contribution < 1.29 is 14.3 Å². The molecule has 0 aliphatic carbocycles. The Morgan fingerprint density at radius 3 is 2.83 bits per heavy atom. The molecule has 0 saturated carbocycles. The number of benzene rings is 2. The first kappa shape index (κ1) is 15.2. The maximum atomic E-state index is 12.2. The summed E-state index contributed by atoms with van der Waals surface area (Å²) in [7, 11) is 0. The fraction of sp³-hybridized carbons (Fsp3) is 0.222. The molecule has 5 heteroatoms. The van der Waals surface area contributed by atoms with Crippen LogP contribution in [0.3, 0.4) is 0 Å². The summed E-state index contributed by atoms with van der Waals surface area (Å²) in [6.07, 6.45) is -0.220. The van der Waals surface area contributed by atoms with Gasteiger partial charge in [0.25, 0.3) is 5.91 Å². The third-order valence-electron chi connectivity index (χ3n) is 3.71. The summed E-state index contributed by atoms with van der Waals surface area (Å²) >= 11 is 0. The van der Waals surface area contributed by atoms with Crippen molar-refractivity contribution in [2.45, 2.75) is 26.1 Å². The van der Waals surface area contributed by atoms with Crippen LogP contribution in [0.5, 0.6) is 0 Å². The number of hydrogen-bond donors (Lipinski definition) is 2. The number of carbonyl (C=O) groups excluding carboxylic acids is 2. The summed E-state index contributed by atoms with van der Waals surface area (Å²) in [5, 5.41) is 5.58. The summed E-state index contributed by atoms with van der Waals surface area (Å²) in [6, 6.07) is 15.1. The van der Waals surface area contributed by atoms with E-state index in [0.717, 1.165) is 16.8 Å². The molecule has 0 saturated heterocycles. The highest BCUT2D eigenvalue weighted by molar-refractivity contribution is 6.00. The molecule has 1 unspecified atom stereocenters. The van der Waals surface area contributed by atoms with Crippen LogP contribution < -0.4 is 10.6 Å². The van der Waals surface area contributed by atoms with Crippen LogP contribution in [0.25, 0.3) is 0 Å². The molecule has 1 aliphatic rings. The lowest BCUT2D eigenvalue weighted by atomic mass is 10.1. The van der Waals surface area contributed by atoms with Crippen LogP contribution in [0.4, 0.5) is 11.4 Å². The zero-order valence-electron chi connectivity index (χ0n) is 12.8. The molecule has 1 heterocycles. The Morgan fingerprint density at radius 2 is 2.04 bits per heavy atom. The van der Waals surface area contributed by atoms with Crippen molar-refractivity contribution in [3.05, 3.63) is 59.7 Å². The third-order valence-corrected chi connectivity index (χ3v) is 3.71. The van der Waals surface area contributed by atoms with Gasteiger partial charge in [-0.25, -0.2) is 0 Å². The quantitative estimate of drug-likeness (QED) is 0.892. The van der Waals surface area contributed by atoms with Crippen molar-refractivity contribution in [2.75, 3.05) is 10.6 Å². The lowest BCUT2D eigenvalue weighted by molar-refractivity contribution is -0.127. The standard InChI is InChI=1S/C18H18N2O3/c1-12(23-11-13-5-3-2-4-6-13)18(22)19-15-7-8-16-14(9-15)10-17(21)20-16/h2-9,12H,10-11H2,1H3,(H,19,22)(H,20,21). The molecular formula is C18H18N2O3. The first-order valence-corrected chi connectivity index (χ1v) is 7.51. The normalized spacial score (nSPS) is 14.0. The molecule has 5 nitrogen and oxygen atoms in total. The van der Waals surface area contributed by atoms with E-state index in [0.29, 0.717) is 18.7 Å². The Labute approximate surface area is 134 Å². The van der Waals surface area contributed by atoms with Gasteiger partial charge in [0.2, 0.25) is 5.91 Å². The minimum absolute atomic E-state index is 0.0250. The van der Waals surface area contributed by atoms with Gasteiger partial charge >= 0.3 is 0 Å². The maximum absolute atomic E-state index is 12.2. The van der Waals surface area contributed by atoms with Gasteiger partial charge in [-0.3, -0.25) is 9.59 Å². The molecule has 1 atom stereocenters. The fourth-order valence-corrected chi connectivity index (χ4v) is 2.42. The molecule has 2 amide bonds. The molecule has 1 aliphatic heterocycles. The first-order chi connectivity index (χ1) is 11.1. The van der Waals surface area contributed by atoms with E-state index in [9.17, 15) is 9.59 Å². The largest absolute Gasteiger partial charge is 0.364 e. The van der Waals surface area contributed by atoms with Gasteiger partial charge in [-0.1, -0.05) is 30.3 Å². The van der Waals surface area contributed by atoms with Crippen molar-refractivity contribution >= 4 is 23.2 Å². The van der Waals surface area contributed by atoms with Crippen molar-refractivity contribution in [3.8, 4) is 0 Å². The monoisotopic (exact) mass is 310 g/mol. The van der Waals surface area contributed by atoms with E-state index in [-0.39, 0.29) is 11.8 Å². The van der Waals surface area contributed by atoms with Gasteiger partial charge in [-0.15, -0.1) is 0 Å². The molecule has 0 spiro atoms. The maximum Gasteiger partial charge on any atom is 0.253 e. The van der Waals surface area contributed by atoms with Crippen LogP contribution >= 0.6 is 0 Å². The number of rotatable bonds is 5. The lowest BCUT2D eigenvalue weighted by Crippen LogP contribution is -2.27. The molecule has 0 fully saturated rings. The molecule has 2 N–H and O–H groups in total. The van der Waals surface area contributed by atoms with Crippen molar-refractivity contribution in [2.24, 2.45) is 0 Å². The average molecular weight is 310 g/mol. The number of nitrogens with one attached hydrogen (secondary N) is 2. The number of anilines is 2.